The van der Waals surface area contributed by atoms with E-state index in [1.54, 1.807) is 7.11 Å². The normalized spacial score (nSPS) is 21.6. The number of methoxy groups -OCH3 is 1. The van der Waals surface area contributed by atoms with Gasteiger partial charge in [-0.3, -0.25) is 4.90 Å². The summed E-state index contributed by atoms with van der Waals surface area (Å²) in [5.74, 6) is 3.43. The van der Waals surface area contributed by atoms with Crippen LogP contribution in [0.15, 0.2) is 12.1 Å². The van der Waals surface area contributed by atoms with Crippen molar-refractivity contribution in [1.82, 2.24) is 4.90 Å². The molecule has 25 heavy (non-hydrogen) atoms. The molecule has 6 rings (SSSR count). The minimum absolute atomic E-state index is 0.289. The Morgan fingerprint density at radius 3 is 2.88 bits per heavy atom. The Bertz CT molecular complexity index is 936. The number of benzene rings is 2. The van der Waals surface area contributed by atoms with Crippen LogP contribution >= 0.6 is 0 Å². The fourth-order valence-electron chi connectivity index (χ4n) is 4.90. The quantitative estimate of drug-likeness (QED) is 0.800. The van der Waals surface area contributed by atoms with Crippen LogP contribution in [-0.2, 0) is 19.4 Å². The van der Waals surface area contributed by atoms with Gasteiger partial charge in [-0.2, -0.15) is 0 Å². The zero-order chi connectivity index (χ0) is 16.7. The van der Waals surface area contributed by atoms with Crippen LogP contribution in [0.25, 0.3) is 11.1 Å². The molecule has 128 valence electrons. The number of fused-ring (bicyclic) bond motifs is 2. The Morgan fingerprint density at radius 2 is 2.00 bits per heavy atom. The van der Waals surface area contributed by atoms with E-state index < -0.39 is 0 Å². The van der Waals surface area contributed by atoms with E-state index in [0.717, 1.165) is 47.9 Å². The van der Waals surface area contributed by atoms with Crippen molar-refractivity contribution >= 4 is 0 Å². The van der Waals surface area contributed by atoms with Gasteiger partial charge in [0.25, 0.3) is 0 Å². The third-order valence-corrected chi connectivity index (χ3v) is 6.06. The van der Waals surface area contributed by atoms with Crippen molar-refractivity contribution in [3.05, 3.63) is 34.4 Å². The number of hydrogen-bond donors (Lipinski definition) is 0. The lowest BCUT2D eigenvalue weighted by Gasteiger charge is -2.42. The SMILES string of the molecule is COc1cc2c3c4c1OCc1c5c(cc(c1-4)CC3N(C)CC2)OCO5. The number of likely N-dealkylation sites (N-methyl/N-ethyl adjacent to an activating group) is 1. The van der Waals surface area contributed by atoms with Crippen molar-refractivity contribution in [2.75, 3.05) is 27.5 Å². The predicted octanol–water partition coefficient (Wildman–Crippen LogP) is 3.07. The molecule has 3 aliphatic heterocycles. The van der Waals surface area contributed by atoms with Crippen LogP contribution in [0.4, 0.5) is 0 Å². The van der Waals surface area contributed by atoms with Gasteiger partial charge in [0.05, 0.1) is 7.11 Å². The molecule has 0 radical (unpaired) electrons. The average molecular weight is 337 g/mol. The second kappa shape index (κ2) is 4.61. The highest BCUT2D eigenvalue weighted by Crippen LogP contribution is 2.58. The van der Waals surface area contributed by atoms with Gasteiger partial charge in [-0.15, -0.1) is 0 Å². The Kier molecular flexibility index (Phi) is 2.55. The molecule has 1 unspecified atom stereocenters. The molecule has 0 bridgehead atoms. The number of rotatable bonds is 1. The van der Waals surface area contributed by atoms with Gasteiger partial charge in [0, 0.05) is 23.7 Å². The van der Waals surface area contributed by atoms with E-state index in [-0.39, 0.29) is 6.79 Å². The molecule has 0 spiro atoms. The second-order valence-electron chi connectivity index (χ2n) is 7.22. The van der Waals surface area contributed by atoms with Crippen LogP contribution in [0, 0.1) is 0 Å². The molecule has 5 heteroatoms. The molecule has 0 fully saturated rings. The molecule has 0 aromatic heterocycles. The molecule has 5 nitrogen and oxygen atoms in total. The standard InChI is InChI=1S/C20H19NO4/c1-21-4-3-10-6-14(22-2)20-18-16-11(5-13(21)17(10)18)7-15-19(25-9-24-15)12(16)8-23-20/h6-7,13H,3-5,8-9H2,1-2H3. The van der Waals surface area contributed by atoms with E-state index >= 15 is 0 Å². The molecule has 4 aliphatic rings. The zero-order valence-electron chi connectivity index (χ0n) is 14.3. The summed E-state index contributed by atoms with van der Waals surface area (Å²) in [5.41, 5.74) is 7.75. The zero-order valence-corrected chi connectivity index (χ0v) is 14.3. The molecule has 1 atom stereocenters. The summed E-state index contributed by atoms with van der Waals surface area (Å²) < 4.78 is 23.3. The van der Waals surface area contributed by atoms with Crippen LogP contribution < -0.4 is 18.9 Å². The largest absolute Gasteiger partial charge is 0.493 e. The van der Waals surface area contributed by atoms with Gasteiger partial charge in [-0.1, -0.05) is 0 Å². The lowest BCUT2D eigenvalue weighted by atomic mass is 9.74. The molecule has 0 saturated carbocycles. The maximum absolute atomic E-state index is 6.20. The predicted molar refractivity (Wildman–Crippen MR) is 91.7 cm³/mol. The number of nitrogens with zero attached hydrogens (tertiary/aromatic N) is 1. The topological polar surface area (TPSA) is 40.2 Å². The summed E-state index contributed by atoms with van der Waals surface area (Å²) in [6, 6.07) is 4.73. The van der Waals surface area contributed by atoms with E-state index in [1.165, 1.54) is 27.8 Å². The van der Waals surface area contributed by atoms with Gasteiger partial charge in [0.1, 0.15) is 6.61 Å². The molecule has 0 N–H and O–H groups in total. The van der Waals surface area contributed by atoms with E-state index in [1.807, 2.05) is 0 Å². The first kappa shape index (κ1) is 13.8. The first-order valence-corrected chi connectivity index (χ1v) is 8.77. The first-order valence-electron chi connectivity index (χ1n) is 8.77. The van der Waals surface area contributed by atoms with Crippen LogP contribution in [0.1, 0.15) is 28.3 Å². The highest BCUT2D eigenvalue weighted by Gasteiger charge is 2.41. The Balaban J connectivity index is 1.74. The molecule has 0 amide bonds. The Hall–Kier alpha value is -2.40. The first-order chi connectivity index (χ1) is 12.3. The Labute approximate surface area is 146 Å². The van der Waals surface area contributed by atoms with Gasteiger partial charge in [0.2, 0.25) is 6.79 Å². The summed E-state index contributed by atoms with van der Waals surface area (Å²) in [7, 11) is 3.94. The summed E-state index contributed by atoms with van der Waals surface area (Å²) in [6.07, 6.45) is 2.04. The van der Waals surface area contributed by atoms with Crippen molar-refractivity contribution in [3.63, 3.8) is 0 Å². The molecule has 2 aromatic rings. The summed E-state index contributed by atoms with van der Waals surface area (Å²) in [5, 5.41) is 0. The van der Waals surface area contributed by atoms with E-state index in [0.29, 0.717) is 12.6 Å². The van der Waals surface area contributed by atoms with Gasteiger partial charge < -0.3 is 18.9 Å². The van der Waals surface area contributed by atoms with Crippen molar-refractivity contribution in [1.29, 1.82) is 0 Å². The maximum atomic E-state index is 6.20. The van der Waals surface area contributed by atoms with Crippen LogP contribution in [-0.4, -0.2) is 32.4 Å². The third-order valence-electron chi connectivity index (χ3n) is 6.06. The fourth-order valence-corrected chi connectivity index (χ4v) is 4.90. The molecule has 0 saturated heterocycles. The fraction of sp³-hybridized carbons (Fsp3) is 0.400. The van der Waals surface area contributed by atoms with Crippen LogP contribution in [0.3, 0.4) is 0 Å². The van der Waals surface area contributed by atoms with Crippen molar-refractivity contribution in [2.24, 2.45) is 0 Å². The lowest BCUT2D eigenvalue weighted by molar-refractivity contribution is 0.171. The summed E-state index contributed by atoms with van der Waals surface area (Å²) in [4.78, 5) is 2.46. The number of ether oxygens (including phenoxy) is 4. The lowest BCUT2D eigenvalue weighted by Crippen LogP contribution is -2.36. The monoisotopic (exact) mass is 337 g/mol. The van der Waals surface area contributed by atoms with Crippen molar-refractivity contribution in [2.45, 2.75) is 25.5 Å². The van der Waals surface area contributed by atoms with E-state index in [4.69, 9.17) is 18.9 Å². The summed E-state index contributed by atoms with van der Waals surface area (Å²) >= 11 is 0. The maximum Gasteiger partial charge on any atom is 0.231 e. The molecule has 3 heterocycles. The van der Waals surface area contributed by atoms with Crippen LogP contribution in [0.5, 0.6) is 23.0 Å². The smallest absolute Gasteiger partial charge is 0.231 e. The van der Waals surface area contributed by atoms with Crippen molar-refractivity contribution < 1.29 is 18.9 Å². The highest BCUT2D eigenvalue weighted by atomic mass is 16.7. The van der Waals surface area contributed by atoms with Gasteiger partial charge in [-0.05, 0) is 54.3 Å². The average Bonchev–Trinajstić information content (AvgIpc) is 3.11. The highest BCUT2D eigenvalue weighted by molar-refractivity contribution is 5.89. The minimum Gasteiger partial charge on any atom is -0.493 e. The minimum atomic E-state index is 0.289. The Morgan fingerprint density at radius 1 is 1.08 bits per heavy atom. The van der Waals surface area contributed by atoms with E-state index in [2.05, 4.69) is 24.1 Å². The van der Waals surface area contributed by atoms with E-state index in [9.17, 15) is 0 Å². The third kappa shape index (κ3) is 1.62. The molecule has 1 aliphatic carbocycles. The van der Waals surface area contributed by atoms with Gasteiger partial charge >= 0.3 is 0 Å². The number of hydrogen-bond acceptors (Lipinski definition) is 5. The summed E-state index contributed by atoms with van der Waals surface area (Å²) in [6.45, 7) is 1.85. The van der Waals surface area contributed by atoms with Crippen LogP contribution in [0.2, 0.25) is 0 Å². The van der Waals surface area contributed by atoms with Crippen molar-refractivity contribution in [3.8, 4) is 34.1 Å². The molecular formula is C20H19NO4. The van der Waals surface area contributed by atoms with Gasteiger partial charge in [-0.25, -0.2) is 0 Å². The molecular weight excluding hydrogens is 318 g/mol. The second-order valence-corrected chi connectivity index (χ2v) is 7.22. The molecule has 2 aromatic carbocycles. The van der Waals surface area contributed by atoms with Gasteiger partial charge in [0.15, 0.2) is 23.0 Å².